The SMILES string of the molecule is COC(=O)[C@H]1CCN(C(=O)c2occc2C)C[C@H]1C. The van der Waals surface area contributed by atoms with Crippen molar-refractivity contribution in [2.45, 2.75) is 20.3 Å². The molecule has 2 rings (SSSR count). The lowest BCUT2D eigenvalue weighted by Gasteiger charge is -2.35. The molecule has 1 aliphatic heterocycles. The van der Waals surface area contributed by atoms with Crippen LogP contribution in [0.25, 0.3) is 0 Å². The largest absolute Gasteiger partial charge is 0.469 e. The number of hydrogen-bond acceptors (Lipinski definition) is 4. The zero-order valence-electron chi connectivity index (χ0n) is 11.5. The predicted octanol–water partition coefficient (Wildman–Crippen LogP) is 1.86. The van der Waals surface area contributed by atoms with Crippen molar-refractivity contribution >= 4 is 11.9 Å². The van der Waals surface area contributed by atoms with E-state index in [-0.39, 0.29) is 23.7 Å². The topological polar surface area (TPSA) is 59.8 Å². The Labute approximate surface area is 112 Å². The number of methoxy groups -OCH3 is 1. The molecule has 0 spiro atoms. The first-order valence-corrected chi connectivity index (χ1v) is 6.45. The van der Waals surface area contributed by atoms with Crippen LogP contribution in [0.2, 0.25) is 0 Å². The first-order chi connectivity index (χ1) is 9.04. The lowest BCUT2D eigenvalue weighted by atomic mass is 9.87. The lowest BCUT2D eigenvalue weighted by molar-refractivity contribution is -0.148. The Bertz CT molecular complexity index is 480. The van der Waals surface area contributed by atoms with Crippen molar-refractivity contribution in [2.75, 3.05) is 20.2 Å². The highest BCUT2D eigenvalue weighted by atomic mass is 16.5. The number of aryl methyl sites for hydroxylation is 1. The van der Waals surface area contributed by atoms with Gasteiger partial charge < -0.3 is 14.1 Å². The summed E-state index contributed by atoms with van der Waals surface area (Å²) in [7, 11) is 1.40. The second kappa shape index (κ2) is 5.47. The van der Waals surface area contributed by atoms with Crippen LogP contribution >= 0.6 is 0 Å². The average molecular weight is 265 g/mol. The van der Waals surface area contributed by atoms with Crippen LogP contribution in [0.1, 0.15) is 29.5 Å². The second-order valence-electron chi connectivity index (χ2n) is 5.08. The average Bonchev–Trinajstić information content (AvgIpc) is 2.83. The summed E-state index contributed by atoms with van der Waals surface area (Å²) < 4.78 is 10.0. The number of likely N-dealkylation sites (tertiary alicyclic amines) is 1. The Morgan fingerprint density at radius 2 is 2.21 bits per heavy atom. The van der Waals surface area contributed by atoms with Crippen molar-refractivity contribution in [3.05, 3.63) is 23.7 Å². The van der Waals surface area contributed by atoms with Crippen molar-refractivity contribution in [3.8, 4) is 0 Å². The molecule has 1 aromatic rings. The minimum absolute atomic E-state index is 0.0976. The monoisotopic (exact) mass is 265 g/mol. The van der Waals surface area contributed by atoms with E-state index in [9.17, 15) is 9.59 Å². The molecule has 0 unspecified atom stereocenters. The van der Waals surface area contributed by atoms with E-state index in [0.29, 0.717) is 25.3 Å². The van der Waals surface area contributed by atoms with Crippen LogP contribution in [0.3, 0.4) is 0 Å². The van der Waals surface area contributed by atoms with Gasteiger partial charge in [0, 0.05) is 18.7 Å². The maximum absolute atomic E-state index is 12.3. The number of ether oxygens (including phenoxy) is 1. The molecule has 0 bridgehead atoms. The minimum Gasteiger partial charge on any atom is -0.469 e. The fraction of sp³-hybridized carbons (Fsp3) is 0.571. The third-order valence-electron chi connectivity index (χ3n) is 3.75. The number of carbonyl (C=O) groups is 2. The Kier molecular flexibility index (Phi) is 3.93. The molecule has 0 aliphatic carbocycles. The van der Waals surface area contributed by atoms with Crippen molar-refractivity contribution in [2.24, 2.45) is 11.8 Å². The summed E-state index contributed by atoms with van der Waals surface area (Å²) in [5.74, 6) is 0.0855. The molecule has 2 heterocycles. The molecule has 0 N–H and O–H groups in total. The van der Waals surface area contributed by atoms with Gasteiger partial charge in [0.25, 0.3) is 5.91 Å². The summed E-state index contributed by atoms with van der Waals surface area (Å²) in [6, 6.07) is 1.78. The maximum Gasteiger partial charge on any atom is 0.309 e. The normalized spacial score (nSPS) is 23.2. The van der Waals surface area contributed by atoms with Gasteiger partial charge in [-0.1, -0.05) is 6.92 Å². The van der Waals surface area contributed by atoms with Gasteiger partial charge in [0.15, 0.2) is 5.76 Å². The molecule has 5 nitrogen and oxygen atoms in total. The molecule has 104 valence electrons. The number of rotatable bonds is 2. The molecule has 5 heteroatoms. The molecule has 1 fully saturated rings. The Hall–Kier alpha value is -1.78. The van der Waals surface area contributed by atoms with Crippen LogP contribution in [0.4, 0.5) is 0 Å². The zero-order valence-corrected chi connectivity index (χ0v) is 11.5. The van der Waals surface area contributed by atoms with Crippen LogP contribution < -0.4 is 0 Å². The number of hydrogen-bond donors (Lipinski definition) is 0. The Morgan fingerprint density at radius 1 is 1.47 bits per heavy atom. The van der Waals surface area contributed by atoms with E-state index < -0.39 is 0 Å². The molecule has 0 radical (unpaired) electrons. The first kappa shape index (κ1) is 13.6. The standard InChI is InChI=1S/C14H19NO4/c1-9-5-7-19-12(9)13(16)15-6-4-11(10(2)8-15)14(17)18-3/h5,7,10-11H,4,6,8H2,1-3H3/t10-,11+/m1/s1. The van der Waals surface area contributed by atoms with Crippen LogP contribution in [0.5, 0.6) is 0 Å². The van der Waals surface area contributed by atoms with E-state index >= 15 is 0 Å². The lowest BCUT2D eigenvalue weighted by Crippen LogP contribution is -2.45. The molecule has 0 saturated carbocycles. The molecule has 1 aromatic heterocycles. The third-order valence-corrected chi connectivity index (χ3v) is 3.75. The van der Waals surface area contributed by atoms with Gasteiger partial charge in [-0.05, 0) is 25.3 Å². The quantitative estimate of drug-likeness (QED) is 0.766. The Balaban J connectivity index is 2.04. The van der Waals surface area contributed by atoms with E-state index in [2.05, 4.69) is 0 Å². The summed E-state index contributed by atoms with van der Waals surface area (Å²) in [5, 5.41) is 0. The van der Waals surface area contributed by atoms with Gasteiger partial charge in [-0.15, -0.1) is 0 Å². The fourth-order valence-electron chi connectivity index (χ4n) is 2.57. The van der Waals surface area contributed by atoms with Crippen molar-refractivity contribution < 1.29 is 18.7 Å². The highest BCUT2D eigenvalue weighted by Gasteiger charge is 2.34. The summed E-state index contributed by atoms with van der Waals surface area (Å²) in [4.78, 5) is 25.6. The van der Waals surface area contributed by atoms with Gasteiger partial charge >= 0.3 is 5.97 Å². The van der Waals surface area contributed by atoms with Gasteiger partial charge in [0.05, 0.1) is 19.3 Å². The van der Waals surface area contributed by atoms with E-state index in [4.69, 9.17) is 9.15 Å². The van der Waals surface area contributed by atoms with E-state index in [1.54, 1.807) is 11.0 Å². The third kappa shape index (κ3) is 2.64. The van der Waals surface area contributed by atoms with Crippen molar-refractivity contribution in [1.29, 1.82) is 0 Å². The van der Waals surface area contributed by atoms with Gasteiger partial charge in [-0.3, -0.25) is 9.59 Å². The first-order valence-electron chi connectivity index (χ1n) is 6.45. The van der Waals surface area contributed by atoms with Gasteiger partial charge in [0.2, 0.25) is 0 Å². The van der Waals surface area contributed by atoms with E-state index in [1.165, 1.54) is 13.4 Å². The van der Waals surface area contributed by atoms with Gasteiger partial charge in [-0.2, -0.15) is 0 Å². The van der Waals surface area contributed by atoms with E-state index in [0.717, 1.165) is 5.56 Å². The van der Waals surface area contributed by atoms with Crippen LogP contribution in [0, 0.1) is 18.8 Å². The molecule has 2 atom stereocenters. The number of nitrogens with zero attached hydrogens (tertiary/aromatic N) is 1. The number of amides is 1. The zero-order chi connectivity index (χ0) is 14.0. The van der Waals surface area contributed by atoms with Crippen LogP contribution in [-0.4, -0.2) is 37.0 Å². The van der Waals surface area contributed by atoms with Gasteiger partial charge in [-0.25, -0.2) is 0 Å². The summed E-state index contributed by atoms with van der Waals surface area (Å²) in [5.41, 5.74) is 0.841. The second-order valence-corrected chi connectivity index (χ2v) is 5.08. The highest BCUT2D eigenvalue weighted by molar-refractivity contribution is 5.93. The van der Waals surface area contributed by atoms with Crippen molar-refractivity contribution in [1.82, 2.24) is 4.90 Å². The van der Waals surface area contributed by atoms with Crippen LogP contribution in [-0.2, 0) is 9.53 Å². The smallest absolute Gasteiger partial charge is 0.309 e. The molecule has 1 saturated heterocycles. The molecule has 0 aromatic carbocycles. The molecule has 19 heavy (non-hydrogen) atoms. The number of piperidine rings is 1. The van der Waals surface area contributed by atoms with Crippen molar-refractivity contribution in [3.63, 3.8) is 0 Å². The molecular formula is C14H19NO4. The Morgan fingerprint density at radius 3 is 2.74 bits per heavy atom. The summed E-state index contributed by atoms with van der Waals surface area (Å²) >= 11 is 0. The number of carbonyl (C=O) groups excluding carboxylic acids is 2. The highest BCUT2D eigenvalue weighted by Crippen LogP contribution is 2.26. The van der Waals surface area contributed by atoms with Gasteiger partial charge in [0.1, 0.15) is 0 Å². The predicted molar refractivity (Wildman–Crippen MR) is 68.6 cm³/mol. The minimum atomic E-state index is -0.186. The number of esters is 1. The molecular weight excluding hydrogens is 246 g/mol. The molecule has 1 aliphatic rings. The fourth-order valence-corrected chi connectivity index (χ4v) is 2.57. The molecule has 1 amide bonds. The summed E-state index contributed by atoms with van der Waals surface area (Å²) in [6.45, 7) is 4.93. The number of furan rings is 1. The maximum atomic E-state index is 12.3. The summed E-state index contributed by atoms with van der Waals surface area (Å²) in [6.07, 6.45) is 2.16. The van der Waals surface area contributed by atoms with E-state index in [1.807, 2.05) is 13.8 Å². The van der Waals surface area contributed by atoms with Crippen LogP contribution in [0.15, 0.2) is 16.7 Å².